The third-order valence-electron chi connectivity index (χ3n) is 4.89. The number of anilines is 1. The van der Waals surface area contributed by atoms with E-state index < -0.39 is 6.04 Å². The minimum atomic E-state index is -0.440. The average Bonchev–Trinajstić information content (AvgIpc) is 3.41. The van der Waals surface area contributed by atoms with Crippen molar-refractivity contribution in [1.82, 2.24) is 20.1 Å². The molecule has 1 aliphatic heterocycles. The van der Waals surface area contributed by atoms with E-state index in [2.05, 4.69) is 20.5 Å². The smallest absolute Gasteiger partial charge is 0.247 e. The van der Waals surface area contributed by atoms with Crippen molar-refractivity contribution >= 4 is 17.5 Å². The van der Waals surface area contributed by atoms with Gasteiger partial charge in [-0.3, -0.25) is 14.7 Å². The van der Waals surface area contributed by atoms with Gasteiger partial charge >= 0.3 is 0 Å². The highest BCUT2D eigenvalue weighted by Gasteiger charge is 2.33. The Kier molecular flexibility index (Phi) is 5.14. The molecule has 142 valence electrons. The Labute approximate surface area is 162 Å². The van der Waals surface area contributed by atoms with E-state index in [-0.39, 0.29) is 11.8 Å². The van der Waals surface area contributed by atoms with Gasteiger partial charge in [-0.1, -0.05) is 42.5 Å². The van der Waals surface area contributed by atoms with Crippen LogP contribution in [0.5, 0.6) is 0 Å². The van der Waals surface area contributed by atoms with Crippen molar-refractivity contribution in [1.29, 1.82) is 0 Å². The van der Waals surface area contributed by atoms with Crippen LogP contribution in [0.25, 0.3) is 11.4 Å². The number of carbonyl (C=O) groups excluding carboxylic acids is 2. The number of nitrogens with one attached hydrogen (secondary N) is 2. The van der Waals surface area contributed by atoms with Crippen LogP contribution in [0, 0.1) is 0 Å². The molecule has 1 unspecified atom stereocenters. The molecule has 1 aliphatic rings. The van der Waals surface area contributed by atoms with Crippen LogP contribution in [0.2, 0.25) is 0 Å². The summed E-state index contributed by atoms with van der Waals surface area (Å²) in [6.45, 7) is 0.613. The second-order valence-corrected chi connectivity index (χ2v) is 6.81. The number of H-pyrrole nitrogens is 1. The summed E-state index contributed by atoms with van der Waals surface area (Å²) < 4.78 is 0. The minimum Gasteiger partial charge on any atom is -0.330 e. The summed E-state index contributed by atoms with van der Waals surface area (Å²) in [5, 5.41) is 9.60. The Morgan fingerprint density at radius 1 is 1.14 bits per heavy atom. The van der Waals surface area contributed by atoms with E-state index in [0.717, 1.165) is 17.5 Å². The van der Waals surface area contributed by atoms with Crippen molar-refractivity contribution in [3.63, 3.8) is 0 Å². The van der Waals surface area contributed by atoms with Crippen LogP contribution >= 0.6 is 0 Å². The maximum absolute atomic E-state index is 12.8. The molecule has 0 bridgehead atoms. The SMILES string of the molecule is O=C(Nc1cccc(-c2ncn[nH]2)c1)C1CCCN1C(=O)Cc1ccccc1. The van der Waals surface area contributed by atoms with Crippen LogP contribution in [0.15, 0.2) is 60.9 Å². The summed E-state index contributed by atoms with van der Waals surface area (Å²) in [6.07, 6.45) is 3.26. The van der Waals surface area contributed by atoms with E-state index in [1.165, 1.54) is 6.33 Å². The molecule has 0 spiro atoms. The van der Waals surface area contributed by atoms with Gasteiger partial charge in [0.2, 0.25) is 11.8 Å². The monoisotopic (exact) mass is 375 g/mol. The first-order chi connectivity index (χ1) is 13.7. The van der Waals surface area contributed by atoms with Crippen LogP contribution in [0.3, 0.4) is 0 Å². The Balaban J connectivity index is 1.44. The molecule has 3 aromatic rings. The summed E-state index contributed by atoms with van der Waals surface area (Å²) in [5.41, 5.74) is 2.46. The molecule has 28 heavy (non-hydrogen) atoms. The molecular formula is C21H21N5O2. The van der Waals surface area contributed by atoms with Gasteiger partial charge in [-0.05, 0) is 30.5 Å². The number of benzene rings is 2. The highest BCUT2D eigenvalue weighted by Crippen LogP contribution is 2.23. The van der Waals surface area contributed by atoms with E-state index in [0.29, 0.717) is 30.9 Å². The van der Waals surface area contributed by atoms with E-state index >= 15 is 0 Å². The Morgan fingerprint density at radius 2 is 2.00 bits per heavy atom. The predicted octanol–water partition coefficient (Wildman–Crippen LogP) is 2.64. The quantitative estimate of drug-likeness (QED) is 0.717. The Hall–Kier alpha value is -3.48. The molecule has 1 aromatic heterocycles. The average molecular weight is 375 g/mol. The standard InChI is InChI=1S/C21H21N5O2/c27-19(12-15-6-2-1-3-7-15)26-11-5-10-18(26)21(28)24-17-9-4-8-16(13-17)20-22-14-23-25-20/h1-4,6-9,13-14,18H,5,10-12H2,(H,24,28)(H,22,23,25). The van der Waals surface area contributed by atoms with Gasteiger partial charge < -0.3 is 10.2 Å². The van der Waals surface area contributed by atoms with Gasteiger partial charge in [0.15, 0.2) is 5.82 Å². The van der Waals surface area contributed by atoms with E-state index in [9.17, 15) is 9.59 Å². The number of aromatic amines is 1. The molecule has 7 heteroatoms. The van der Waals surface area contributed by atoms with Gasteiger partial charge in [-0.25, -0.2) is 4.98 Å². The third kappa shape index (κ3) is 3.93. The van der Waals surface area contributed by atoms with Gasteiger partial charge in [0.25, 0.3) is 0 Å². The second kappa shape index (κ2) is 8.04. The molecule has 2 heterocycles. The first kappa shape index (κ1) is 17.9. The van der Waals surface area contributed by atoms with E-state index in [1.54, 1.807) is 4.90 Å². The number of carbonyl (C=O) groups is 2. The van der Waals surface area contributed by atoms with Gasteiger partial charge in [0, 0.05) is 17.8 Å². The van der Waals surface area contributed by atoms with Crippen LogP contribution < -0.4 is 5.32 Å². The molecule has 7 nitrogen and oxygen atoms in total. The molecule has 2 aromatic carbocycles. The number of nitrogens with zero attached hydrogens (tertiary/aromatic N) is 3. The lowest BCUT2D eigenvalue weighted by Gasteiger charge is -2.24. The summed E-state index contributed by atoms with van der Waals surface area (Å²) in [7, 11) is 0. The number of likely N-dealkylation sites (tertiary alicyclic amines) is 1. The van der Waals surface area contributed by atoms with Crippen molar-refractivity contribution in [3.05, 3.63) is 66.5 Å². The summed E-state index contributed by atoms with van der Waals surface area (Å²) in [6, 6.07) is 16.6. The van der Waals surface area contributed by atoms with E-state index in [1.807, 2.05) is 54.6 Å². The maximum atomic E-state index is 12.8. The lowest BCUT2D eigenvalue weighted by molar-refractivity contribution is -0.136. The fraction of sp³-hybridized carbons (Fsp3) is 0.238. The van der Waals surface area contributed by atoms with Crippen LogP contribution in [-0.4, -0.2) is 44.5 Å². The van der Waals surface area contributed by atoms with Crippen molar-refractivity contribution in [3.8, 4) is 11.4 Å². The molecule has 2 N–H and O–H groups in total. The molecule has 1 atom stereocenters. The van der Waals surface area contributed by atoms with Gasteiger partial charge in [0.05, 0.1) is 6.42 Å². The minimum absolute atomic E-state index is 0.0146. The second-order valence-electron chi connectivity index (χ2n) is 6.81. The van der Waals surface area contributed by atoms with Gasteiger partial charge in [0.1, 0.15) is 12.4 Å². The first-order valence-corrected chi connectivity index (χ1v) is 9.31. The zero-order valence-electron chi connectivity index (χ0n) is 15.3. The topological polar surface area (TPSA) is 91.0 Å². The molecule has 0 saturated carbocycles. The predicted molar refractivity (Wildman–Crippen MR) is 105 cm³/mol. The maximum Gasteiger partial charge on any atom is 0.247 e. The summed E-state index contributed by atoms with van der Waals surface area (Å²) in [4.78, 5) is 31.4. The lowest BCUT2D eigenvalue weighted by Crippen LogP contribution is -2.43. The summed E-state index contributed by atoms with van der Waals surface area (Å²) >= 11 is 0. The van der Waals surface area contributed by atoms with Gasteiger partial charge in [-0.15, -0.1) is 0 Å². The third-order valence-corrected chi connectivity index (χ3v) is 4.89. The molecule has 2 amide bonds. The molecule has 1 saturated heterocycles. The lowest BCUT2D eigenvalue weighted by atomic mass is 10.1. The molecule has 4 rings (SSSR count). The van der Waals surface area contributed by atoms with Crippen LogP contribution in [0.4, 0.5) is 5.69 Å². The van der Waals surface area contributed by atoms with E-state index in [4.69, 9.17) is 0 Å². The first-order valence-electron chi connectivity index (χ1n) is 9.31. The highest BCUT2D eigenvalue weighted by molar-refractivity contribution is 5.98. The fourth-order valence-electron chi connectivity index (χ4n) is 3.52. The van der Waals surface area contributed by atoms with Crippen LogP contribution in [0.1, 0.15) is 18.4 Å². The number of amides is 2. The Bertz CT molecular complexity index is 956. The normalized spacial score (nSPS) is 16.1. The zero-order valence-corrected chi connectivity index (χ0v) is 15.3. The largest absolute Gasteiger partial charge is 0.330 e. The van der Waals surface area contributed by atoms with Crippen molar-refractivity contribution in [2.75, 3.05) is 11.9 Å². The Morgan fingerprint density at radius 3 is 2.79 bits per heavy atom. The van der Waals surface area contributed by atoms with Crippen LogP contribution in [-0.2, 0) is 16.0 Å². The summed E-state index contributed by atoms with van der Waals surface area (Å²) in [5.74, 6) is 0.463. The number of rotatable bonds is 5. The van der Waals surface area contributed by atoms with Crippen molar-refractivity contribution < 1.29 is 9.59 Å². The highest BCUT2D eigenvalue weighted by atomic mass is 16.2. The fourth-order valence-corrected chi connectivity index (χ4v) is 3.52. The molecule has 1 fully saturated rings. The molecular weight excluding hydrogens is 354 g/mol. The zero-order chi connectivity index (χ0) is 19.3. The number of hydrogen-bond acceptors (Lipinski definition) is 4. The van der Waals surface area contributed by atoms with Gasteiger partial charge in [-0.2, -0.15) is 5.10 Å². The number of hydrogen-bond donors (Lipinski definition) is 2. The molecule has 0 radical (unpaired) electrons. The number of aromatic nitrogens is 3. The van der Waals surface area contributed by atoms with Crippen molar-refractivity contribution in [2.24, 2.45) is 0 Å². The van der Waals surface area contributed by atoms with Crippen molar-refractivity contribution in [2.45, 2.75) is 25.3 Å². The molecule has 0 aliphatic carbocycles.